The third-order valence-electron chi connectivity index (χ3n) is 4.09. The predicted octanol–water partition coefficient (Wildman–Crippen LogP) is 5.41. The van der Waals surface area contributed by atoms with Crippen molar-refractivity contribution in [2.24, 2.45) is 0 Å². The molecule has 0 radical (unpaired) electrons. The summed E-state index contributed by atoms with van der Waals surface area (Å²) >= 11 is 0. The number of aromatic carboxylic acids is 1. The minimum Gasteiger partial charge on any atom is -0.493 e. The van der Waals surface area contributed by atoms with Crippen molar-refractivity contribution >= 4 is 5.97 Å². The SMILES string of the molecule is CCCOc1c(C)cc(-c2ccc(C(=O)O)cc2CCC)cc1C. The molecule has 0 aliphatic rings. The maximum Gasteiger partial charge on any atom is 0.335 e. The molecule has 128 valence electrons. The van der Waals surface area contributed by atoms with E-state index in [1.54, 1.807) is 12.1 Å². The van der Waals surface area contributed by atoms with Crippen LogP contribution >= 0.6 is 0 Å². The molecule has 0 heterocycles. The molecular formula is C21H26O3. The van der Waals surface area contributed by atoms with Crippen molar-refractivity contribution in [3.05, 3.63) is 52.6 Å². The molecular weight excluding hydrogens is 300 g/mol. The number of ether oxygens (including phenoxy) is 1. The molecule has 0 saturated carbocycles. The Labute approximate surface area is 144 Å². The molecule has 0 amide bonds. The Morgan fingerprint density at radius 3 is 2.25 bits per heavy atom. The molecule has 24 heavy (non-hydrogen) atoms. The Kier molecular flexibility index (Phi) is 6.02. The van der Waals surface area contributed by atoms with Gasteiger partial charge >= 0.3 is 5.97 Å². The summed E-state index contributed by atoms with van der Waals surface area (Å²) in [4.78, 5) is 11.2. The van der Waals surface area contributed by atoms with Gasteiger partial charge in [-0.3, -0.25) is 0 Å². The van der Waals surface area contributed by atoms with Crippen molar-refractivity contribution in [2.45, 2.75) is 47.0 Å². The van der Waals surface area contributed by atoms with Gasteiger partial charge in [0.15, 0.2) is 0 Å². The molecule has 1 N–H and O–H groups in total. The second-order valence-corrected chi connectivity index (χ2v) is 6.21. The van der Waals surface area contributed by atoms with Crippen LogP contribution in [0.5, 0.6) is 5.75 Å². The molecule has 3 heteroatoms. The predicted molar refractivity (Wildman–Crippen MR) is 98.1 cm³/mol. The van der Waals surface area contributed by atoms with Gasteiger partial charge in [-0.05, 0) is 78.8 Å². The summed E-state index contributed by atoms with van der Waals surface area (Å²) in [6.07, 6.45) is 2.83. The van der Waals surface area contributed by atoms with Crippen LogP contribution in [-0.2, 0) is 6.42 Å². The maximum absolute atomic E-state index is 11.2. The lowest BCUT2D eigenvalue weighted by Gasteiger charge is -2.16. The van der Waals surface area contributed by atoms with Gasteiger partial charge in [0.1, 0.15) is 5.75 Å². The van der Waals surface area contributed by atoms with E-state index < -0.39 is 5.97 Å². The van der Waals surface area contributed by atoms with Crippen LogP contribution in [0.25, 0.3) is 11.1 Å². The quantitative estimate of drug-likeness (QED) is 0.740. The highest BCUT2D eigenvalue weighted by Crippen LogP contribution is 2.33. The van der Waals surface area contributed by atoms with Crippen molar-refractivity contribution in [1.29, 1.82) is 0 Å². The smallest absolute Gasteiger partial charge is 0.335 e. The summed E-state index contributed by atoms with van der Waals surface area (Å²) in [7, 11) is 0. The van der Waals surface area contributed by atoms with E-state index in [-0.39, 0.29) is 0 Å². The van der Waals surface area contributed by atoms with Crippen LogP contribution in [0.15, 0.2) is 30.3 Å². The number of carboxylic acid groups (broad SMARTS) is 1. The highest BCUT2D eigenvalue weighted by molar-refractivity contribution is 5.89. The molecule has 0 unspecified atom stereocenters. The second kappa shape index (κ2) is 8.00. The van der Waals surface area contributed by atoms with Gasteiger partial charge in [-0.25, -0.2) is 4.79 Å². The number of hydrogen-bond acceptors (Lipinski definition) is 2. The monoisotopic (exact) mass is 326 g/mol. The van der Waals surface area contributed by atoms with Gasteiger partial charge in [0, 0.05) is 0 Å². The molecule has 0 aliphatic heterocycles. The summed E-state index contributed by atoms with van der Waals surface area (Å²) in [6.45, 7) is 9.05. The molecule has 2 aromatic rings. The molecule has 2 rings (SSSR count). The van der Waals surface area contributed by atoms with Crippen LogP contribution in [-0.4, -0.2) is 17.7 Å². The summed E-state index contributed by atoms with van der Waals surface area (Å²) in [5, 5.41) is 9.23. The lowest BCUT2D eigenvalue weighted by molar-refractivity contribution is 0.0697. The molecule has 2 aromatic carbocycles. The third kappa shape index (κ3) is 3.97. The lowest BCUT2D eigenvalue weighted by atomic mass is 9.92. The molecule has 0 atom stereocenters. The van der Waals surface area contributed by atoms with Gasteiger partial charge < -0.3 is 9.84 Å². The zero-order valence-electron chi connectivity index (χ0n) is 15.0. The van der Waals surface area contributed by atoms with E-state index in [4.69, 9.17) is 4.74 Å². The zero-order valence-corrected chi connectivity index (χ0v) is 15.0. The largest absolute Gasteiger partial charge is 0.493 e. The zero-order chi connectivity index (χ0) is 17.7. The van der Waals surface area contributed by atoms with Gasteiger partial charge in [0.05, 0.1) is 12.2 Å². The van der Waals surface area contributed by atoms with E-state index >= 15 is 0 Å². The summed E-state index contributed by atoms with van der Waals surface area (Å²) in [6, 6.07) is 9.67. The Morgan fingerprint density at radius 2 is 1.71 bits per heavy atom. The topological polar surface area (TPSA) is 46.5 Å². The molecule has 0 aliphatic carbocycles. The first-order chi connectivity index (χ1) is 11.5. The average molecular weight is 326 g/mol. The minimum atomic E-state index is -0.880. The molecule has 0 bridgehead atoms. The number of hydrogen-bond donors (Lipinski definition) is 1. The minimum absolute atomic E-state index is 0.346. The van der Waals surface area contributed by atoms with Gasteiger partial charge in [0.25, 0.3) is 0 Å². The standard InChI is InChI=1S/C21H26O3/c1-5-7-16-13-17(21(22)23)8-9-19(16)18-11-14(3)20(15(4)12-18)24-10-6-2/h8-9,11-13H,5-7,10H2,1-4H3,(H,22,23). The van der Waals surface area contributed by atoms with Crippen molar-refractivity contribution < 1.29 is 14.6 Å². The highest BCUT2D eigenvalue weighted by atomic mass is 16.5. The number of carbonyl (C=O) groups is 1. The first-order valence-corrected chi connectivity index (χ1v) is 8.58. The fraction of sp³-hybridized carbons (Fsp3) is 0.381. The van der Waals surface area contributed by atoms with Crippen molar-refractivity contribution in [1.82, 2.24) is 0 Å². The molecule has 0 spiro atoms. The Balaban J connectivity index is 2.49. The van der Waals surface area contributed by atoms with Crippen molar-refractivity contribution in [3.8, 4) is 16.9 Å². The van der Waals surface area contributed by atoms with E-state index in [1.165, 1.54) is 0 Å². The molecule has 0 aromatic heterocycles. The van der Waals surface area contributed by atoms with Crippen LogP contribution in [0.4, 0.5) is 0 Å². The summed E-state index contributed by atoms with van der Waals surface area (Å²) in [5.41, 5.74) is 5.88. The third-order valence-corrected chi connectivity index (χ3v) is 4.09. The number of carboxylic acids is 1. The number of aryl methyl sites for hydroxylation is 3. The fourth-order valence-electron chi connectivity index (χ4n) is 3.02. The lowest BCUT2D eigenvalue weighted by Crippen LogP contribution is -2.01. The van der Waals surface area contributed by atoms with E-state index in [1.807, 2.05) is 6.07 Å². The van der Waals surface area contributed by atoms with E-state index in [9.17, 15) is 9.90 Å². The van der Waals surface area contributed by atoms with Gasteiger partial charge in [-0.2, -0.15) is 0 Å². The maximum atomic E-state index is 11.2. The number of benzene rings is 2. The van der Waals surface area contributed by atoms with Crippen LogP contribution in [0.1, 0.15) is 53.7 Å². The normalized spacial score (nSPS) is 10.7. The highest BCUT2D eigenvalue weighted by Gasteiger charge is 2.13. The van der Waals surface area contributed by atoms with Crippen LogP contribution in [0, 0.1) is 13.8 Å². The second-order valence-electron chi connectivity index (χ2n) is 6.21. The summed E-state index contributed by atoms with van der Waals surface area (Å²) in [5.74, 6) is 0.0781. The van der Waals surface area contributed by atoms with Crippen molar-refractivity contribution in [2.75, 3.05) is 6.61 Å². The molecule has 0 fully saturated rings. The van der Waals surface area contributed by atoms with E-state index in [2.05, 4.69) is 39.8 Å². The van der Waals surface area contributed by atoms with E-state index in [0.29, 0.717) is 5.56 Å². The van der Waals surface area contributed by atoms with Crippen LogP contribution in [0.2, 0.25) is 0 Å². The Bertz CT molecular complexity index is 709. The Morgan fingerprint density at radius 1 is 1.04 bits per heavy atom. The fourth-order valence-corrected chi connectivity index (χ4v) is 3.02. The Hall–Kier alpha value is -2.29. The molecule has 0 saturated heterocycles. The van der Waals surface area contributed by atoms with Gasteiger partial charge in [-0.15, -0.1) is 0 Å². The average Bonchev–Trinajstić information content (AvgIpc) is 2.54. The van der Waals surface area contributed by atoms with Crippen molar-refractivity contribution in [3.63, 3.8) is 0 Å². The number of rotatable bonds is 7. The first kappa shape index (κ1) is 18.1. The van der Waals surface area contributed by atoms with E-state index in [0.717, 1.165) is 59.4 Å². The first-order valence-electron chi connectivity index (χ1n) is 8.58. The van der Waals surface area contributed by atoms with Gasteiger partial charge in [0.2, 0.25) is 0 Å². The van der Waals surface area contributed by atoms with Crippen LogP contribution in [0.3, 0.4) is 0 Å². The summed E-state index contributed by atoms with van der Waals surface area (Å²) < 4.78 is 5.86. The van der Waals surface area contributed by atoms with Gasteiger partial charge in [-0.1, -0.05) is 26.3 Å². The van der Waals surface area contributed by atoms with Crippen LogP contribution < -0.4 is 4.74 Å². The molecule has 3 nitrogen and oxygen atoms in total.